The van der Waals surface area contributed by atoms with Crippen LogP contribution in [0.3, 0.4) is 0 Å². The van der Waals surface area contributed by atoms with Gasteiger partial charge in [-0.3, -0.25) is 0 Å². The standard InChI is InChI=1S/C13H17N3S2/c1-3-7-14-12-15-16-13(18-12)17-9-11-6-4-5-10(2)8-11/h4-6,8H,3,7,9H2,1-2H3,(H,14,15). The molecule has 0 radical (unpaired) electrons. The molecule has 0 fully saturated rings. The largest absolute Gasteiger partial charge is 0.360 e. The minimum absolute atomic E-state index is 0.920. The summed E-state index contributed by atoms with van der Waals surface area (Å²) in [6, 6.07) is 8.58. The van der Waals surface area contributed by atoms with Crippen LogP contribution in [0.1, 0.15) is 24.5 Å². The van der Waals surface area contributed by atoms with Crippen molar-refractivity contribution in [3.8, 4) is 0 Å². The minimum Gasteiger partial charge on any atom is -0.360 e. The maximum Gasteiger partial charge on any atom is 0.206 e. The fraction of sp³-hybridized carbons (Fsp3) is 0.385. The molecule has 96 valence electrons. The number of aryl methyl sites for hydroxylation is 1. The quantitative estimate of drug-likeness (QED) is 0.812. The van der Waals surface area contributed by atoms with Crippen LogP contribution in [0.15, 0.2) is 28.6 Å². The van der Waals surface area contributed by atoms with Gasteiger partial charge in [-0.15, -0.1) is 10.2 Å². The van der Waals surface area contributed by atoms with E-state index in [1.807, 2.05) is 0 Å². The Bertz CT molecular complexity index is 496. The highest BCUT2D eigenvalue weighted by molar-refractivity contribution is 8.00. The highest BCUT2D eigenvalue weighted by Crippen LogP contribution is 2.28. The van der Waals surface area contributed by atoms with Crippen LogP contribution in [0, 0.1) is 6.92 Å². The lowest BCUT2D eigenvalue weighted by Crippen LogP contribution is -1.98. The number of hydrogen-bond acceptors (Lipinski definition) is 5. The lowest BCUT2D eigenvalue weighted by Gasteiger charge is -1.99. The molecule has 0 unspecified atom stereocenters. The van der Waals surface area contributed by atoms with E-state index in [0.717, 1.165) is 28.2 Å². The van der Waals surface area contributed by atoms with Crippen LogP contribution in [-0.4, -0.2) is 16.7 Å². The molecule has 0 aliphatic heterocycles. The molecule has 0 aliphatic carbocycles. The average molecular weight is 279 g/mol. The molecule has 1 N–H and O–H groups in total. The van der Waals surface area contributed by atoms with E-state index in [2.05, 4.69) is 53.6 Å². The molecule has 5 heteroatoms. The Kier molecular flexibility index (Phi) is 5.01. The number of aromatic nitrogens is 2. The molecule has 2 aromatic rings. The van der Waals surface area contributed by atoms with Crippen molar-refractivity contribution in [1.82, 2.24) is 10.2 Å². The maximum absolute atomic E-state index is 4.18. The first-order chi connectivity index (χ1) is 8.78. The summed E-state index contributed by atoms with van der Waals surface area (Å²) in [6.07, 6.45) is 1.10. The molecule has 18 heavy (non-hydrogen) atoms. The van der Waals surface area contributed by atoms with Crippen LogP contribution in [0.5, 0.6) is 0 Å². The first-order valence-electron chi connectivity index (χ1n) is 6.03. The lowest BCUT2D eigenvalue weighted by molar-refractivity contribution is 0.951. The van der Waals surface area contributed by atoms with Gasteiger partial charge in [-0.05, 0) is 18.9 Å². The molecular formula is C13H17N3S2. The summed E-state index contributed by atoms with van der Waals surface area (Å²) >= 11 is 3.37. The highest BCUT2D eigenvalue weighted by Gasteiger charge is 2.04. The molecule has 0 aliphatic rings. The van der Waals surface area contributed by atoms with Crippen molar-refractivity contribution < 1.29 is 0 Å². The predicted octanol–water partition coefficient (Wildman–Crippen LogP) is 3.96. The third kappa shape index (κ3) is 3.99. The van der Waals surface area contributed by atoms with Crippen molar-refractivity contribution in [2.24, 2.45) is 0 Å². The summed E-state index contributed by atoms with van der Waals surface area (Å²) in [6.45, 7) is 5.21. The zero-order valence-corrected chi connectivity index (χ0v) is 12.3. The van der Waals surface area contributed by atoms with Crippen LogP contribution < -0.4 is 5.32 Å². The number of nitrogens with zero attached hydrogens (tertiary/aromatic N) is 2. The Hall–Kier alpha value is -1.07. The maximum atomic E-state index is 4.18. The Balaban J connectivity index is 1.88. The van der Waals surface area contributed by atoms with Gasteiger partial charge in [0.05, 0.1) is 0 Å². The van der Waals surface area contributed by atoms with Crippen molar-refractivity contribution in [1.29, 1.82) is 0 Å². The second-order valence-corrected chi connectivity index (χ2v) is 6.28. The highest BCUT2D eigenvalue weighted by atomic mass is 32.2. The average Bonchev–Trinajstić information content (AvgIpc) is 2.82. The third-order valence-electron chi connectivity index (χ3n) is 2.38. The number of nitrogens with one attached hydrogen (secondary N) is 1. The fourth-order valence-electron chi connectivity index (χ4n) is 1.52. The molecule has 0 atom stereocenters. The third-order valence-corrected chi connectivity index (χ3v) is 4.46. The van der Waals surface area contributed by atoms with Crippen molar-refractivity contribution >= 4 is 28.2 Å². The summed E-state index contributed by atoms with van der Waals surface area (Å²) in [5, 5.41) is 12.5. The smallest absolute Gasteiger partial charge is 0.206 e. The number of benzene rings is 1. The molecule has 1 heterocycles. The fourth-order valence-corrected chi connectivity index (χ4v) is 3.24. The first-order valence-corrected chi connectivity index (χ1v) is 7.84. The van der Waals surface area contributed by atoms with Gasteiger partial charge in [0.1, 0.15) is 0 Å². The molecule has 1 aromatic carbocycles. The van der Waals surface area contributed by atoms with Crippen LogP contribution >= 0.6 is 23.1 Å². The van der Waals surface area contributed by atoms with Crippen molar-refractivity contribution in [3.63, 3.8) is 0 Å². The van der Waals surface area contributed by atoms with Crippen LogP contribution in [0.25, 0.3) is 0 Å². The molecule has 0 amide bonds. The van der Waals surface area contributed by atoms with Crippen molar-refractivity contribution in [2.45, 2.75) is 30.4 Å². The van der Waals surface area contributed by atoms with E-state index in [9.17, 15) is 0 Å². The summed E-state index contributed by atoms with van der Waals surface area (Å²) in [7, 11) is 0. The zero-order chi connectivity index (χ0) is 12.8. The lowest BCUT2D eigenvalue weighted by atomic mass is 10.2. The molecule has 0 saturated carbocycles. The topological polar surface area (TPSA) is 37.8 Å². The Morgan fingerprint density at radius 1 is 1.33 bits per heavy atom. The minimum atomic E-state index is 0.920. The summed E-state index contributed by atoms with van der Waals surface area (Å²) in [5.74, 6) is 0.949. The Labute approximate surface area is 116 Å². The van der Waals surface area contributed by atoms with Gasteiger partial charge in [0.15, 0.2) is 4.34 Å². The number of hydrogen-bond donors (Lipinski definition) is 1. The molecule has 0 saturated heterocycles. The van der Waals surface area contributed by atoms with E-state index in [0.29, 0.717) is 0 Å². The van der Waals surface area contributed by atoms with E-state index in [1.165, 1.54) is 11.1 Å². The van der Waals surface area contributed by atoms with Gasteiger partial charge in [-0.1, -0.05) is 59.9 Å². The van der Waals surface area contributed by atoms with E-state index in [-0.39, 0.29) is 0 Å². The summed E-state index contributed by atoms with van der Waals surface area (Å²) < 4.78 is 1.02. The Morgan fingerprint density at radius 3 is 3.00 bits per heavy atom. The van der Waals surface area contributed by atoms with Gasteiger partial charge < -0.3 is 5.32 Å². The summed E-state index contributed by atoms with van der Waals surface area (Å²) in [5.41, 5.74) is 2.63. The first kappa shape index (κ1) is 13.4. The number of anilines is 1. The number of rotatable bonds is 6. The van der Waals surface area contributed by atoms with Gasteiger partial charge in [0.2, 0.25) is 5.13 Å². The van der Waals surface area contributed by atoms with Crippen molar-refractivity contribution in [2.75, 3.05) is 11.9 Å². The second-order valence-electron chi connectivity index (χ2n) is 4.08. The van der Waals surface area contributed by atoms with Gasteiger partial charge in [-0.2, -0.15) is 0 Å². The van der Waals surface area contributed by atoms with E-state index in [1.54, 1.807) is 23.1 Å². The van der Waals surface area contributed by atoms with Gasteiger partial charge in [0.25, 0.3) is 0 Å². The van der Waals surface area contributed by atoms with Gasteiger partial charge >= 0.3 is 0 Å². The van der Waals surface area contributed by atoms with Gasteiger partial charge in [-0.25, -0.2) is 0 Å². The SMILES string of the molecule is CCCNc1nnc(SCc2cccc(C)c2)s1. The molecule has 1 aromatic heterocycles. The summed E-state index contributed by atoms with van der Waals surface area (Å²) in [4.78, 5) is 0. The normalized spacial score (nSPS) is 10.6. The van der Waals surface area contributed by atoms with E-state index < -0.39 is 0 Å². The molecular weight excluding hydrogens is 262 g/mol. The van der Waals surface area contributed by atoms with E-state index >= 15 is 0 Å². The second kappa shape index (κ2) is 6.75. The van der Waals surface area contributed by atoms with Crippen LogP contribution in [0.4, 0.5) is 5.13 Å². The molecule has 0 spiro atoms. The monoisotopic (exact) mass is 279 g/mol. The number of thioether (sulfide) groups is 1. The molecule has 3 nitrogen and oxygen atoms in total. The Morgan fingerprint density at radius 2 is 2.22 bits per heavy atom. The van der Waals surface area contributed by atoms with E-state index in [4.69, 9.17) is 0 Å². The van der Waals surface area contributed by atoms with Crippen LogP contribution in [0.2, 0.25) is 0 Å². The molecule has 2 rings (SSSR count). The van der Waals surface area contributed by atoms with Crippen LogP contribution in [-0.2, 0) is 5.75 Å². The van der Waals surface area contributed by atoms with Crippen molar-refractivity contribution in [3.05, 3.63) is 35.4 Å². The van der Waals surface area contributed by atoms with Gasteiger partial charge in [0, 0.05) is 12.3 Å². The molecule has 0 bridgehead atoms. The predicted molar refractivity (Wildman–Crippen MR) is 79.4 cm³/mol. The zero-order valence-electron chi connectivity index (χ0n) is 10.6.